The molecule has 2 amide bonds. The monoisotopic (exact) mass is 936 g/mol. The summed E-state index contributed by atoms with van der Waals surface area (Å²) >= 11 is 0.753. The minimum absolute atomic E-state index is 0.0783. The van der Waals surface area contributed by atoms with Gasteiger partial charge in [0.1, 0.15) is 47.9 Å². The quantitative estimate of drug-likeness (QED) is 0.0119. The zero-order chi connectivity index (χ0) is 43.3. The largest absolute Gasteiger partial charge is 0.509 e. The van der Waals surface area contributed by atoms with E-state index in [1.165, 1.54) is 50.1 Å². The number of nitrogens with two attached hydrogens (primary N) is 1. The number of carbonyl (C=O) groups is 3. The highest BCUT2D eigenvalue weighted by Crippen LogP contribution is 2.43. The zero-order valence-corrected chi connectivity index (χ0v) is 38.1. The maximum absolute atomic E-state index is 12.3. The van der Waals surface area contributed by atoms with E-state index in [1.54, 1.807) is 36.6 Å². The van der Waals surface area contributed by atoms with Gasteiger partial charge in [-0.25, -0.2) is 4.79 Å². The first-order valence-electron chi connectivity index (χ1n) is 17.9. The van der Waals surface area contributed by atoms with Crippen molar-refractivity contribution in [2.75, 3.05) is 77.7 Å². The summed E-state index contributed by atoms with van der Waals surface area (Å²) in [5.41, 5.74) is 4.97. The highest BCUT2D eigenvalue weighted by atomic mass is 33.1. The van der Waals surface area contributed by atoms with E-state index in [1.807, 2.05) is 12.5 Å². The third-order valence-corrected chi connectivity index (χ3v) is 12.6. The van der Waals surface area contributed by atoms with E-state index in [2.05, 4.69) is 34.2 Å². The number of amides is 2. The highest BCUT2D eigenvalue weighted by Gasteiger charge is 2.41. The van der Waals surface area contributed by atoms with Gasteiger partial charge in [0, 0.05) is 24.7 Å². The second-order valence-electron chi connectivity index (χ2n) is 11.8. The number of benzene rings is 1. The smallest absolute Gasteiger partial charge is 0.490 e. The Bertz CT molecular complexity index is 1600. The van der Waals surface area contributed by atoms with Gasteiger partial charge >= 0.3 is 6.16 Å². The summed E-state index contributed by atoms with van der Waals surface area (Å²) in [5, 5.41) is 14.3. The van der Waals surface area contributed by atoms with E-state index in [9.17, 15) is 24.2 Å². The minimum atomic E-state index is -2.57. The molecule has 1 aliphatic heterocycles. The molecule has 17 nitrogen and oxygen atoms in total. The number of thioether (sulfide) groups is 1. The number of nitrogens with zero attached hydrogens (tertiary/aromatic N) is 1. The number of nitrogens with one attached hydrogen (secondary N) is 2. The van der Waals surface area contributed by atoms with Crippen LogP contribution in [0.4, 0.5) is 4.79 Å². The van der Waals surface area contributed by atoms with Crippen molar-refractivity contribution in [1.82, 2.24) is 10.6 Å². The first-order chi connectivity index (χ1) is 28.5. The van der Waals surface area contributed by atoms with Crippen LogP contribution in [0.15, 0.2) is 24.3 Å². The van der Waals surface area contributed by atoms with Gasteiger partial charge in [-0.05, 0) is 62.7 Å². The minimum Gasteiger partial charge on any atom is -0.490 e. The van der Waals surface area contributed by atoms with Crippen molar-refractivity contribution >= 4 is 88.6 Å². The van der Waals surface area contributed by atoms with E-state index in [0.29, 0.717) is 38.1 Å². The van der Waals surface area contributed by atoms with E-state index in [4.69, 9.17) is 48.9 Å². The van der Waals surface area contributed by atoms with Crippen LogP contribution in [-0.4, -0.2) is 147 Å². The molecular weight excluding hydrogens is 887 g/mol. The van der Waals surface area contributed by atoms with Crippen molar-refractivity contribution in [3.05, 3.63) is 29.8 Å². The van der Waals surface area contributed by atoms with Gasteiger partial charge in [-0.15, -0.1) is 5.92 Å². The van der Waals surface area contributed by atoms with Gasteiger partial charge in [0.2, 0.25) is 21.6 Å². The predicted octanol–water partition coefficient (Wildman–Crippen LogP) is 2.85. The molecule has 0 bridgehead atoms. The van der Waals surface area contributed by atoms with Gasteiger partial charge in [0.05, 0.1) is 32.5 Å². The first kappa shape index (κ1) is 52.9. The van der Waals surface area contributed by atoms with Crippen molar-refractivity contribution in [2.24, 2.45) is 5.73 Å². The molecule has 6 atom stereocenters. The predicted molar refractivity (Wildman–Crippen MR) is 236 cm³/mol. The van der Waals surface area contributed by atoms with Gasteiger partial charge < -0.3 is 64.0 Å². The maximum Gasteiger partial charge on any atom is 0.509 e. The highest BCUT2D eigenvalue weighted by molar-refractivity contribution is 8.76. The molecule has 1 heterocycles. The molecule has 59 heavy (non-hydrogen) atoms. The van der Waals surface area contributed by atoms with Crippen LogP contribution < -0.4 is 21.1 Å². The molecule has 1 aromatic rings. The normalized spacial score (nSPS) is 17.8. The van der Waals surface area contributed by atoms with Crippen LogP contribution >= 0.6 is 63.3 Å². The lowest BCUT2D eigenvalue weighted by Gasteiger charge is -2.29. The summed E-state index contributed by atoms with van der Waals surface area (Å²) in [4.78, 5) is 56.4. The Morgan fingerprint density at radius 2 is 1.92 bits per heavy atom. The maximum atomic E-state index is 12.3. The standard InChI is InChI=1S/C35H50BN4O13PS5/c1-5-10-35(2,54(44)45)51-19-28-27(53-32(59-56-4)22-49-34(43)50-24-57-23-38)18-29(52-28)36-11-7-13-39-30(41)20-46-15-16-47-31(58-55-3)21-48-26-9-6-8-25(17-26)33(42)40-14-12-37/h6,8-9,17,27-29,31-32,36,44-45H,12-16,18-22,24,37H2,1-4H3,(H,39,41)(H,40,42)/t27-,28?,29-,31?,32-,35?/m1/s1. The number of nitriles is 1. The Balaban J connectivity index is 1.82. The van der Waals surface area contributed by atoms with E-state index in [0.717, 1.165) is 11.8 Å². The van der Waals surface area contributed by atoms with Crippen LogP contribution in [0.25, 0.3) is 0 Å². The Morgan fingerprint density at radius 3 is 2.63 bits per heavy atom. The summed E-state index contributed by atoms with van der Waals surface area (Å²) in [6, 6.07) is 6.44. The number of rotatable bonds is 28. The lowest BCUT2D eigenvalue weighted by molar-refractivity contribution is -0.126. The number of ether oxygens (including phenoxy) is 8. The lowest BCUT2D eigenvalue weighted by atomic mass is 9.71. The van der Waals surface area contributed by atoms with Gasteiger partial charge in [0.15, 0.2) is 11.3 Å². The molecule has 3 unspecified atom stereocenters. The Labute approximate surface area is 367 Å². The van der Waals surface area contributed by atoms with Crippen molar-refractivity contribution in [1.29, 1.82) is 5.26 Å². The van der Waals surface area contributed by atoms with Crippen LogP contribution in [0, 0.1) is 34.2 Å². The van der Waals surface area contributed by atoms with Crippen LogP contribution in [-0.2, 0) is 38.0 Å². The average Bonchev–Trinajstić information content (AvgIpc) is 3.60. The summed E-state index contributed by atoms with van der Waals surface area (Å²) in [5.74, 6) is 11.0. The van der Waals surface area contributed by atoms with Crippen molar-refractivity contribution in [2.45, 2.75) is 54.7 Å². The number of hydrogen-bond acceptors (Lipinski definition) is 20. The van der Waals surface area contributed by atoms with Crippen molar-refractivity contribution in [3.8, 4) is 34.7 Å². The Morgan fingerprint density at radius 1 is 1.14 bits per heavy atom. The average molecular weight is 937 g/mol. The molecule has 1 aliphatic rings. The van der Waals surface area contributed by atoms with Gasteiger partial charge in [-0.2, -0.15) is 11.1 Å². The lowest BCUT2D eigenvalue weighted by Crippen LogP contribution is -2.37. The number of carbonyl (C=O) groups excluding carboxylic acids is 3. The summed E-state index contributed by atoms with van der Waals surface area (Å²) in [6.45, 7) is 4.04. The third-order valence-electron chi connectivity index (χ3n) is 7.42. The molecule has 1 aromatic carbocycles. The van der Waals surface area contributed by atoms with E-state index < -0.39 is 37.5 Å². The SMILES string of the molecule is CC#CC(C)(OCC1O[C@@H](BC#CCNC(=O)COCCOC(COc2cccc(C(=O)NCCN)c2)SSC)C[C@H]1O[C@@H](COC(=O)OCSC#N)SSC)P(O)O. The number of hydrogen-bond donors (Lipinski definition) is 5. The van der Waals surface area contributed by atoms with Gasteiger partial charge in [0.25, 0.3) is 5.91 Å². The van der Waals surface area contributed by atoms with E-state index >= 15 is 0 Å². The molecule has 0 aliphatic carbocycles. The zero-order valence-electron chi connectivity index (χ0n) is 33.1. The molecule has 1 saturated heterocycles. The molecule has 326 valence electrons. The topological polar surface area (TPSA) is 239 Å². The fourth-order valence-electron chi connectivity index (χ4n) is 4.75. The molecule has 1 fully saturated rings. The first-order valence-corrected chi connectivity index (χ1v) is 25.3. The second-order valence-corrected chi connectivity index (χ2v) is 19.1. The van der Waals surface area contributed by atoms with Gasteiger partial charge in [-0.3, -0.25) is 9.59 Å². The van der Waals surface area contributed by atoms with Crippen molar-refractivity contribution in [3.63, 3.8) is 0 Å². The number of thiocyanates is 1. The molecule has 2 rings (SSSR count). The molecule has 6 N–H and O–H groups in total. The molecule has 0 spiro atoms. The van der Waals surface area contributed by atoms with Gasteiger partial charge in [-0.1, -0.05) is 61.1 Å². The molecule has 0 radical (unpaired) electrons. The Kier molecular flexibility index (Phi) is 28.3. The summed E-state index contributed by atoms with van der Waals surface area (Å²) < 4.78 is 45.6. The fourth-order valence-corrected chi connectivity index (χ4v) is 8.30. The second kappa shape index (κ2) is 31.6. The summed E-state index contributed by atoms with van der Waals surface area (Å²) in [7, 11) is 3.44. The van der Waals surface area contributed by atoms with Crippen LogP contribution in [0.5, 0.6) is 5.75 Å². The Hall–Kier alpha value is -2.24. The van der Waals surface area contributed by atoms with E-state index in [-0.39, 0.29) is 75.4 Å². The molecule has 0 aromatic heterocycles. The van der Waals surface area contributed by atoms with Crippen LogP contribution in [0.2, 0.25) is 0 Å². The molecule has 0 saturated carbocycles. The molecule has 24 heteroatoms. The third kappa shape index (κ3) is 22.4. The van der Waals surface area contributed by atoms with Crippen molar-refractivity contribution < 1.29 is 62.1 Å². The van der Waals surface area contributed by atoms with Crippen LogP contribution in [0.1, 0.15) is 30.6 Å². The fraction of sp³-hybridized carbons (Fsp3) is 0.600. The molecular formula is C35H50BN4O13PS5. The summed E-state index contributed by atoms with van der Waals surface area (Å²) in [6.07, 6.45) is 2.01. The van der Waals surface area contributed by atoms with Crippen LogP contribution in [0.3, 0.4) is 0 Å².